The average Bonchev–Trinajstić information content (AvgIpc) is 3.38. The largest absolute Gasteiger partial charge is 0.352 e. The smallest absolute Gasteiger partial charge is 0.251 e. The fourth-order valence-corrected chi connectivity index (χ4v) is 3.18. The van der Waals surface area contributed by atoms with Gasteiger partial charge in [0.05, 0.1) is 17.6 Å². The molecule has 6 nitrogen and oxygen atoms in total. The zero-order valence-corrected chi connectivity index (χ0v) is 15.9. The van der Waals surface area contributed by atoms with Crippen LogP contribution in [0.4, 0.5) is 5.69 Å². The first kappa shape index (κ1) is 18.0. The Hall–Kier alpha value is -3.41. The van der Waals surface area contributed by atoms with Crippen LogP contribution in [0.1, 0.15) is 29.3 Å². The number of aromatic nitrogens is 2. The lowest BCUT2D eigenvalue weighted by Gasteiger charge is -2.14. The normalized spacial score (nSPS) is 13.5. The highest BCUT2D eigenvalue weighted by atomic mass is 16.1. The first-order valence-corrected chi connectivity index (χ1v) is 9.48. The van der Waals surface area contributed by atoms with Crippen LogP contribution in [0.15, 0.2) is 72.1 Å². The first-order chi connectivity index (χ1) is 13.7. The summed E-state index contributed by atoms with van der Waals surface area (Å²) >= 11 is 0. The van der Waals surface area contributed by atoms with Gasteiger partial charge in [-0.1, -0.05) is 18.2 Å². The van der Waals surface area contributed by atoms with Gasteiger partial charge in [-0.25, -0.2) is 4.68 Å². The lowest BCUT2D eigenvalue weighted by atomic mass is 10.2. The third kappa shape index (κ3) is 4.11. The maximum atomic E-state index is 12.4. The maximum absolute atomic E-state index is 12.4. The second-order valence-electron chi connectivity index (χ2n) is 6.89. The van der Waals surface area contributed by atoms with Crippen LogP contribution in [0.3, 0.4) is 0 Å². The summed E-state index contributed by atoms with van der Waals surface area (Å²) in [7, 11) is 0. The van der Waals surface area contributed by atoms with E-state index in [2.05, 4.69) is 15.5 Å². The lowest BCUT2D eigenvalue weighted by Crippen LogP contribution is -2.25. The first-order valence-electron chi connectivity index (χ1n) is 9.48. The molecule has 2 aromatic carbocycles. The number of anilines is 1. The Morgan fingerprint density at radius 3 is 2.57 bits per heavy atom. The van der Waals surface area contributed by atoms with Crippen molar-refractivity contribution in [2.45, 2.75) is 19.8 Å². The summed E-state index contributed by atoms with van der Waals surface area (Å²) in [6.45, 7) is 3.50. The molecule has 142 valence electrons. The van der Waals surface area contributed by atoms with Crippen molar-refractivity contribution in [3.05, 3.63) is 78.1 Å². The van der Waals surface area contributed by atoms with E-state index in [0.717, 1.165) is 42.0 Å². The summed E-state index contributed by atoms with van der Waals surface area (Å²) in [4.78, 5) is 12.4. The standard InChI is InChI=1S/C22H23N5O/c1-17-12-14-26(25-17)21-9-7-19(8-10-21)22(28)23-13-11-18-15-24-27(16-18)20-5-3-2-4-6-20/h2-10,15-16H,11-14H2,1H3,(H,23,28). The molecular weight excluding hydrogens is 350 g/mol. The Labute approximate surface area is 164 Å². The molecule has 1 amide bonds. The predicted molar refractivity (Wildman–Crippen MR) is 111 cm³/mol. The average molecular weight is 373 g/mol. The molecule has 0 aliphatic carbocycles. The summed E-state index contributed by atoms with van der Waals surface area (Å²) < 4.78 is 1.85. The van der Waals surface area contributed by atoms with Gasteiger partial charge in [-0.05, 0) is 55.3 Å². The van der Waals surface area contributed by atoms with E-state index in [9.17, 15) is 4.79 Å². The highest BCUT2D eigenvalue weighted by molar-refractivity contribution is 5.94. The summed E-state index contributed by atoms with van der Waals surface area (Å²) in [6.07, 6.45) is 5.56. The van der Waals surface area contributed by atoms with E-state index in [0.29, 0.717) is 12.1 Å². The molecule has 1 aliphatic rings. The summed E-state index contributed by atoms with van der Waals surface area (Å²) in [6, 6.07) is 17.6. The highest BCUT2D eigenvalue weighted by Gasteiger charge is 2.13. The van der Waals surface area contributed by atoms with E-state index in [1.165, 1.54) is 0 Å². The minimum atomic E-state index is -0.0666. The number of carbonyl (C=O) groups excluding carboxylic acids is 1. The minimum Gasteiger partial charge on any atom is -0.352 e. The number of amides is 1. The monoisotopic (exact) mass is 373 g/mol. The molecule has 0 saturated heterocycles. The topological polar surface area (TPSA) is 62.5 Å². The number of rotatable bonds is 6. The summed E-state index contributed by atoms with van der Waals surface area (Å²) in [5.41, 5.74) is 4.92. The van der Waals surface area contributed by atoms with Crippen molar-refractivity contribution in [1.82, 2.24) is 15.1 Å². The SMILES string of the molecule is CC1=NN(c2ccc(C(=O)NCCc3cnn(-c4ccccc4)c3)cc2)CC1. The number of para-hydroxylation sites is 1. The molecule has 28 heavy (non-hydrogen) atoms. The second kappa shape index (κ2) is 8.08. The minimum absolute atomic E-state index is 0.0666. The Kier molecular flexibility index (Phi) is 5.19. The van der Waals surface area contributed by atoms with E-state index >= 15 is 0 Å². The summed E-state index contributed by atoms with van der Waals surface area (Å²) in [5.74, 6) is -0.0666. The van der Waals surface area contributed by atoms with Gasteiger partial charge in [-0.3, -0.25) is 9.80 Å². The molecule has 0 radical (unpaired) electrons. The van der Waals surface area contributed by atoms with Gasteiger partial charge in [0.15, 0.2) is 0 Å². The van der Waals surface area contributed by atoms with E-state index in [1.54, 1.807) is 0 Å². The number of nitrogens with zero attached hydrogens (tertiary/aromatic N) is 4. The van der Waals surface area contributed by atoms with Crippen molar-refractivity contribution in [3.63, 3.8) is 0 Å². The zero-order chi connectivity index (χ0) is 19.3. The number of nitrogens with one attached hydrogen (secondary N) is 1. The second-order valence-corrected chi connectivity index (χ2v) is 6.89. The molecule has 1 aromatic heterocycles. The van der Waals surface area contributed by atoms with Crippen LogP contribution in [0.5, 0.6) is 0 Å². The Morgan fingerprint density at radius 1 is 1.07 bits per heavy atom. The van der Waals surface area contributed by atoms with Crippen molar-refractivity contribution in [2.24, 2.45) is 5.10 Å². The van der Waals surface area contributed by atoms with E-state index in [4.69, 9.17) is 0 Å². The fraction of sp³-hybridized carbons (Fsp3) is 0.227. The number of hydrogen-bond donors (Lipinski definition) is 1. The zero-order valence-electron chi connectivity index (χ0n) is 15.9. The lowest BCUT2D eigenvalue weighted by molar-refractivity contribution is 0.0954. The van der Waals surface area contributed by atoms with Gasteiger partial charge in [0.25, 0.3) is 5.91 Å². The van der Waals surface area contributed by atoms with Gasteiger partial charge in [0, 0.05) is 37.0 Å². The molecular formula is C22H23N5O. The molecule has 1 N–H and O–H groups in total. The molecule has 2 heterocycles. The van der Waals surface area contributed by atoms with Gasteiger partial charge in [-0.2, -0.15) is 10.2 Å². The van der Waals surface area contributed by atoms with E-state index < -0.39 is 0 Å². The van der Waals surface area contributed by atoms with Crippen molar-refractivity contribution >= 4 is 17.3 Å². The molecule has 0 unspecified atom stereocenters. The van der Waals surface area contributed by atoms with Crippen molar-refractivity contribution in [1.29, 1.82) is 0 Å². The number of benzene rings is 2. The van der Waals surface area contributed by atoms with Crippen molar-refractivity contribution < 1.29 is 4.79 Å². The molecule has 0 atom stereocenters. The molecule has 0 bridgehead atoms. The molecule has 1 aliphatic heterocycles. The van der Waals surface area contributed by atoms with Crippen LogP contribution in [-0.2, 0) is 6.42 Å². The Morgan fingerprint density at radius 2 is 1.86 bits per heavy atom. The molecule has 6 heteroatoms. The van der Waals surface area contributed by atoms with E-state index in [1.807, 2.05) is 83.6 Å². The third-order valence-electron chi connectivity index (χ3n) is 4.76. The molecule has 0 saturated carbocycles. The fourth-order valence-electron chi connectivity index (χ4n) is 3.18. The predicted octanol–water partition coefficient (Wildman–Crippen LogP) is 3.43. The van der Waals surface area contributed by atoms with Gasteiger partial charge in [0.1, 0.15) is 0 Å². The van der Waals surface area contributed by atoms with Crippen LogP contribution in [0.25, 0.3) is 5.69 Å². The van der Waals surface area contributed by atoms with Crippen molar-refractivity contribution in [2.75, 3.05) is 18.1 Å². The quantitative estimate of drug-likeness (QED) is 0.720. The van der Waals surface area contributed by atoms with Crippen LogP contribution in [0, 0.1) is 0 Å². The van der Waals surface area contributed by atoms with Gasteiger partial charge in [-0.15, -0.1) is 0 Å². The number of hydrazone groups is 1. The van der Waals surface area contributed by atoms with Gasteiger partial charge < -0.3 is 5.32 Å². The summed E-state index contributed by atoms with van der Waals surface area (Å²) in [5, 5.41) is 13.8. The highest BCUT2D eigenvalue weighted by Crippen LogP contribution is 2.19. The van der Waals surface area contributed by atoms with Crippen LogP contribution < -0.4 is 10.3 Å². The van der Waals surface area contributed by atoms with Crippen LogP contribution >= 0.6 is 0 Å². The molecule has 0 spiro atoms. The third-order valence-corrected chi connectivity index (χ3v) is 4.76. The van der Waals surface area contributed by atoms with Crippen LogP contribution in [0.2, 0.25) is 0 Å². The Balaban J connectivity index is 1.29. The molecule has 0 fully saturated rings. The number of carbonyl (C=O) groups is 1. The maximum Gasteiger partial charge on any atom is 0.251 e. The van der Waals surface area contributed by atoms with Crippen LogP contribution in [-0.4, -0.2) is 34.5 Å². The molecule has 4 rings (SSSR count). The van der Waals surface area contributed by atoms with Gasteiger partial charge in [0.2, 0.25) is 0 Å². The van der Waals surface area contributed by atoms with E-state index in [-0.39, 0.29) is 5.91 Å². The van der Waals surface area contributed by atoms with Gasteiger partial charge >= 0.3 is 0 Å². The number of hydrogen-bond acceptors (Lipinski definition) is 4. The Bertz CT molecular complexity index is 976. The van der Waals surface area contributed by atoms with Crippen molar-refractivity contribution in [3.8, 4) is 5.69 Å². The molecule has 3 aromatic rings.